The number of hydrogen-bond acceptors (Lipinski definition) is 4. The molecule has 1 aromatic carbocycles. The average Bonchev–Trinajstić information content (AvgIpc) is 2.25. The normalized spacial score (nSPS) is 10.2. The van der Waals surface area contributed by atoms with E-state index in [1.807, 2.05) is 24.9 Å². The van der Waals surface area contributed by atoms with Gasteiger partial charge in [0.05, 0.1) is 4.92 Å². The molecule has 5 nitrogen and oxygen atoms in total. The van der Waals surface area contributed by atoms with E-state index in [0.29, 0.717) is 12.2 Å². The lowest BCUT2D eigenvalue weighted by Gasteiger charge is -2.20. The Hall–Kier alpha value is -1.62. The van der Waals surface area contributed by atoms with Crippen molar-refractivity contribution in [3.63, 3.8) is 0 Å². The Kier molecular flexibility index (Phi) is 4.25. The van der Waals surface area contributed by atoms with Crippen LogP contribution in [0.2, 0.25) is 0 Å². The van der Waals surface area contributed by atoms with Crippen molar-refractivity contribution in [2.24, 2.45) is 5.73 Å². The Balaban J connectivity index is 3.04. The summed E-state index contributed by atoms with van der Waals surface area (Å²) in [7, 11) is 1.85. The maximum absolute atomic E-state index is 10.9. The molecule has 0 aliphatic rings. The van der Waals surface area contributed by atoms with Gasteiger partial charge < -0.3 is 10.6 Å². The minimum atomic E-state index is -0.346. The maximum Gasteiger partial charge on any atom is 0.292 e. The molecule has 0 aliphatic carbocycles. The van der Waals surface area contributed by atoms with Crippen molar-refractivity contribution in [2.75, 3.05) is 25.0 Å². The SMILES string of the molecule is Cc1cccc([N+](=O)[O-])c1N(C)CCCN. The van der Waals surface area contributed by atoms with Crippen molar-refractivity contribution in [1.82, 2.24) is 0 Å². The molecular weight excluding hydrogens is 206 g/mol. The van der Waals surface area contributed by atoms with E-state index in [1.165, 1.54) is 6.07 Å². The van der Waals surface area contributed by atoms with Gasteiger partial charge in [-0.3, -0.25) is 10.1 Å². The van der Waals surface area contributed by atoms with Crippen LogP contribution in [0.1, 0.15) is 12.0 Å². The third-order valence-electron chi connectivity index (χ3n) is 2.49. The summed E-state index contributed by atoms with van der Waals surface area (Å²) in [4.78, 5) is 12.4. The number of nitro benzene ring substituents is 1. The minimum absolute atomic E-state index is 0.152. The highest BCUT2D eigenvalue weighted by molar-refractivity contribution is 5.67. The van der Waals surface area contributed by atoms with Gasteiger partial charge in [-0.25, -0.2) is 0 Å². The van der Waals surface area contributed by atoms with Crippen molar-refractivity contribution in [1.29, 1.82) is 0 Å². The number of anilines is 1. The molecule has 0 atom stereocenters. The number of aryl methyl sites for hydroxylation is 1. The molecule has 0 saturated carbocycles. The average molecular weight is 223 g/mol. The van der Waals surface area contributed by atoms with Crippen LogP contribution < -0.4 is 10.6 Å². The lowest BCUT2D eigenvalue weighted by atomic mass is 10.1. The standard InChI is InChI=1S/C11H17N3O2/c1-9-5-3-6-10(14(15)16)11(9)13(2)8-4-7-12/h3,5-6H,4,7-8,12H2,1-2H3. The summed E-state index contributed by atoms with van der Waals surface area (Å²) in [5.74, 6) is 0. The highest BCUT2D eigenvalue weighted by atomic mass is 16.6. The van der Waals surface area contributed by atoms with Crippen LogP contribution in [0.3, 0.4) is 0 Å². The third kappa shape index (κ3) is 2.70. The van der Waals surface area contributed by atoms with Crippen molar-refractivity contribution < 1.29 is 4.92 Å². The summed E-state index contributed by atoms with van der Waals surface area (Å²) in [6.45, 7) is 3.19. The van der Waals surface area contributed by atoms with Crippen LogP contribution in [0.5, 0.6) is 0 Å². The second-order valence-corrected chi connectivity index (χ2v) is 3.76. The van der Waals surface area contributed by atoms with Gasteiger partial charge in [-0.2, -0.15) is 0 Å². The molecule has 1 rings (SSSR count). The van der Waals surface area contributed by atoms with Crippen molar-refractivity contribution in [2.45, 2.75) is 13.3 Å². The molecule has 0 saturated heterocycles. The third-order valence-corrected chi connectivity index (χ3v) is 2.49. The number of nitrogens with two attached hydrogens (primary N) is 1. The van der Waals surface area contributed by atoms with E-state index in [1.54, 1.807) is 6.07 Å². The van der Waals surface area contributed by atoms with Gasteiger partial charge in [0.15, 0.2) is 0 Å². The van der Waals surface area contributed by atoms with E-state index < -0.39 is 0 Å². The molecule has 0 spiro atoms. The quantitative estimate of drug-likeness (QED) is 0.609. The van der Waals surface area contributed by atoms with Gasteiger partial charge in [0.2, 0.25) is 0 Å². The smallest absolute Gasteiger partial charge is 0.292 e. The fourth-order valence-corrected chi connectivity index (χ4v) is 1.73. The topological polar surface area (TPSA) is 72.4 Å². The lowest BCUT2D eigenvalue weighted by Crippen LogP contribution is -2.22. The van der Waals surface area contributed by atoms with Gasteiger partial charge in [0.25, 0.3) is 5.69 Å². The molecule has 0 unspecified atom stereocenters. The zero-order chi connectivity index (χ0) is 12.1. The van der Waals surface area contributed by atoms with Crippen molar-refractivity contribution in [3.05, 3.63) is 33.9 Å². The van der Waals surface area contributed by atoms with Gasteiger partial charge in [0.1, 0.15) is 5.69 Å². The van der Waals surface area contributed by atoms with Crippen LogP contribution in [0.15, 0.2) is 18.2 Å². The molecule has 0 heterocycles. The predicted octanol–water partition coefficient (Wildman–Crippen LogP) is 1.69. The van der Waals surface area contributed by atoms with Gasteiger partial charge in [0, 0.05) is 19.7 Å². The first-order valence-electron chi connectivity index (χ1n) is 5.23. The molecule has 88 valence electrons. The summed E-state index contributed by atoms with van der Waals surface area (Å²) >= 11 is 0. The van der Waals surface area contributed by atoms with E-state index in [-0.39, 0.29) is 10.6 Å². The number of hydrogen-bond donors (Lipinski definition) is 1. The van der Waals surface area contributed by atoms with Gasteiger partial charge >= 0.3 is 0 Å². The maximum atomic E-state index is 10.9. The second-order valence-electron chi connectivity index (χ2n) is 3.76. The molecule has 0 aliphatic heterocycles. The van der Waals surface area contributed by atoms with Gasteiger partial charge in [-0.05, 0) is 25.5 Å². The molecule has 0 fully saturated rings. The summed E-state index contributed by atoms with van der Waals surface area (Å²) in [6.07, 6.45) is 0.821. The molecule has 1 aromatic rings. The molecule has 0 aromatic heterocycles. The summed E-state index contributed by atoms with van der Waals surface area (Å²) in [5.41, 5.74) is 7.17. The van der Waals surface area contributed by atoms with Crippen molar-refractivity contribution >= 4 is 11.4 Å². The summed E-state index contributed by atoms with van der Waals surface area (Å²) in [6, 6.07) is 5.11. The van der Waals surface area contributed by atoms with E-state index in [9.17, 15) is 10.1 Å². The van der Waals surface area contributed by atoms with Crippen LogP contribution >= 0.6 is 0 Å². The number of para-hydroxylation sites is 1. The van der Waals surface area contributed by atoms with Crippen LogP contribution in [0, 0.1) is 17.0 Å². The van der Waals surface area contributed by atoms with Crippen LogP contribution in [0.25, 0.3) is 0 Å². The molecular formula is C11H17N3O2. The fraction of sp³-hybridized carbons (Fsp3) is 0.455. The Bertz CT molecular complexity index is 379. The molecule has 16 heavy (non-hydrogen) atoms. The molecule has 0 bridgehead atoms. The zero-order valence-electron chi connectivity index (χ0n) is 9.64. The minimum Gasteiger partial charge on any atom is -0.369 e. The number of nitro groups is 1. The second kappa shape index (κ2) is 5.46. The highest BCUT2D eigenvalue weighted by Crippen LogP contribution is 2.30. The summed E-state index contributed by atoms with van der Waals surface area (Å²) < 4.78 is 0. The fourth-order valence-electron chi connectivity index (χ4n) is 1.73. The van der Waals surface area contributed by atoms with E-state index in [0.717, 1.165) is 18.5 Å². The number of rotatable bonds is 5. The van der Waals surface area contributed by atoms with E-state index in [4.69, 9.17) is 5.73 Å². The first-order valence-corrected chi connectivity index (χ1v) is 5.23. The first-order chi connectivity index (χ1) is 7.57. The highest BCUT2D eigenvalue weighted by Gasteiger charge is 2.18. The van der Waals surface area contributed by atoms with Crippen molar-refractivity contribution in [3.8, 4) is 0 Å². The number of nitrogens with zero attached hydrogens (tertiary/aromatic N) is 2. The predicted molar refractivity (Wildman–Crippen MR) is 64.8 cm³/mol. The zero-order valence-corrected chi connectivity index (χ0v) is 9.64. The van der Waals surface area contributed by atoms with E-state index >= 15 is 0 Å². The molecule has 5 heteroatoms. The van der Waals surface area contributed by atoms with Crippen LogP contribution in [-0.4, -0.2) is 25.1 Å². The molecule has 2 N–H and O–H groups in total. The van der Waals surface area contributed by atoms with Crippen LogP contribution in [-0.2, 0) is 0 Å². The van der Waals surface area contributed by atoms with Crippen LogP contribution in [0.4, 0.5) is 11.4 Å². The van der Waals surface area contributed by atoms with Gasteiger partial charge in [-0.1, -0.05) is 12.1 Å². The monoisotopic (exact) mass is 223 g/mol. The Morgan fingerprint density at radius 3 is 2.75 bits per heavy atom. The molecule has 0 radical (unpaired) electrons. The van der Waals surface area contributed by atoms with E-state index in [2.05, 4.69) is 0 Å². The Labute approximate surface area is 95.0 Å². The Morgan fingerprint density at radius 1 is 1.50 bits per heavy atom. The molecule has 0 amide bonds. The van der Waals surface area contributed by atoms with Gasteiger partial charge in [-0.15, -0.1) is 0 Å². The lowest BCUT2D eigenvalue weighted by molar-refractivity contribution is -0.384. The first kappa shape index (κ1) is 12.4. The summed E-state index contributed by atoms with van der Waals surface area (Å²) in [5, 5.41) is 10.9. The largest absolute Gasteiger partial charge is 0.369 e. The number of benzene rings is 1. The Morgan fingerprint density at radius 2 is 2.19 bits per heavy atom.